The number of hydrogen-bond acceptors (Lipinski definition) is 3. The topological polar surface area (TPSA) is 41.8 Å². The highest BCUT2D eigenvalue weighted by molar-refractivity contribution is 6.06. The standard InChI is InChI=1S/C29H32N2O/c1-2-4-22-6-10-24(11-7-22)25-14-16-26(17-15-25)28-18-19-30-29(31-21-28)27-12-8-23(9-13-27)5-3-20-32/h6-13,16,18,20-21,25H,2-5,14-15,17,19H2,1H3. The van der Waals surface area contributed by atoms with Gasteiger partial charge in [-0.15, -0.1) is 0 Å². The van der Waals surface area contributed by atoms with Gasteiger partial charge in [-0.3, -0.25) is 4.99 Å². The van der Waals surface area contributed by atoms with Crippen molar-refractivity contribution in [2.45, 2.75) is 57.8 Å². The lowest BCUT2D eigenvalue weighted by molar-refractivity contribution is -0.107. The molecule has 1 atom stereocenters. The van der Waals surface area contributed by atoms with Crippen molar-refractivity contribution in [2.24, 2.45) is 9.98 Å². The molecule has 0 saturated heterocycles. The average molecular weight is 425 g/mol. The van der Waals surface area contributed by atoms with Crippen LogP contribution in [0.15, 0.2) is 81.8 Å². The number of nitrogens with zero attached hydrogens (tertiary/aromatic N) is 2. The largest absolute Gasteiger partial charge is 0.303 e. The zero-order valence-electron chi connectivity index (χ0n) is 19.0. The Morgan fingerprint density at radius 3 is 2.41 bits per heavy atom. The summed E-state index contributed by atoms with van der Waals surface area (Å²) in [5.41, 5.74) is 7.70. The van der Waals surface area contributed by atoms with Crippen molar-refractivity contribution in [3.63, 3.8) is 0 Å². The van der Waals surface area contributed by atoms with Crippen LogP contribution >= 0.6 is 0 Å². The van der Waals surface area contributed by atoms with E-state index in [4.69, 9.17) is 4.99 Å². The summed E-state index contributed by atoms with van der Waals surface area (Å²) in [5, 5.41) is 0. The summed E-state index contributed by atoms with van der Waals surface area (Å²) in [6, 6.07) is 17.5. The lowest BCUT2D eigenvalue weighted by atomic mass is 9.82. The summed E-state index contributed by atoms with van der Waals surface area (Å²) in [7, 11) is 0. The molecule has 0 fully saturated rings. The first-order valence-electron chi connectivity index (χ1n) is 11.9. The second kappa shape index (κ2) is 11.0. The Morgan fingerprint density at radius 1 is 0.969 bits per heavy atom. The minimum atomic E-state index is 0.561. The Hall–Kier alpha value is -3.07. The normalized spacial score (nSPS) is 18.4. The highest BCUT2D eigenvalue weighted by Crippen LogP contribution is 2.34. The van der Waals surface area contributed by atoms with Gasteiger partial charge in [-0.1, -0.05) is 74.0 Å². The Bertz CT molecular complexity index is 1040. The Balaban J connectivity index is 1.38. The van der Waals surface area contributed by atoms with Crippen molar-refractivity contribution in [3.05, 3.63) is 94.1 Å². The summed E-state index contributed by atoms with van der Waals surface area (Å²) < 4.78 is 0. The number of aryl methyl sites for hydroxylation is 2. The van der Waals surface area contributed by atoms with Crippen LogP contribution in [0.5, 0.6) is 0 Å². The molecule has 0 saturated carbocycles. The van der Waals surface area contributed by atoms with E-state index in [9.17, 15) is 4.79 Å². The van der Waals surface area contributed by atoms with Crippen LogP contribution in [0.2, 0.25) is 0 Å². The molecular weight excluding hydrogens is 392 g/mol. The number of benzene rings is 2. The maximum Gasteiger partial charge on any atom is 0.154 e. The third-order valence-electron chi connectivity index (χ3n) is 6.41. The van der Waals surface area contributed by atoms with Gasteiger partial charge < -0.3 is 4.79 Å². The van der Waals surface area contributed by atoms with Gasteiger partial charge in [0.25, 0.3) is 0 Å². The molecule has 0 aromatic heterocycles. The SMILES string of the molecule is CCCc1ccc(C2CC=C(C3=CCN=C(c4ccc(CCC=O)cc4)N=C3)CC2)cc1. The number of carbonyl (C=O) groups excluding carboxylic acids is 1. The van der Waals surface area contributed by atoms with E-state index in [1.807, 2.05) is 6.21 Å². The summed E-state index contributed by atoms with van der Waals surface area (Å²) in [6.45, 7) is 2.88. The van der Waals surface area contributed by atoms with Crippen LogP contribution in [0.4, 0.5) is 0 Å². The van der Waals surface area contributed by atoms with Gasteiger partial charge in [0.2, 0.25) is 0 Å². The van der Waals surface area contributed by atoms with Crippen molar-refractivity contribution in [2.75, 3.05) is 6.54 Å². The third-order valence-corrected chi connectivity index (χ3v) is 6.41. The molecule has 1 aliphatic carbocycles. The van der Waals surface area contributed by atoms with E-state index in [0.29, 0.717) is 18.9 Å². The summed E-state index contributed by atoms with van der Waals surface area (Å²) in [6.07, 6.45) is 14.6. The Morgan fingerprint density at radius 2 is 1.72 bits per heavy atom. The molecule has 1 heterocycles. The lowest BCUT2D eigenvalue weighted by Gasteiger charge is -2.23. The van der Waals surface area contributed by atoms with Crippen LogP contribution in [0.25, 0.3) is 0 Å². The fourth-order valence-corrected chi connectivity index (χ4v) is 4.52. The van der Waals surface area contributed by atoms with Gasteiger partial charge in [0.1, 0.15) is 6.29 Å². The zero-order valence-corrected chi connectivity index (χ0v) is 19.0. The molecule has 0 radical (unpaired) electrons. The summed E-state index contributed by atoms with van der Waals surface area (Å²) in [5.74, 6) is 1.39. The molecular formula is C29H32N2O. The predicted octanol–water partition coefficient (Wildman–Crippen LogP) is 6.42. The number of amidine groups is 1. The molecule has 1 aliphatic heterocycles. The van der Waals surface area contributed by atoms with Crippen molar-refractivity contribution in [3.8, 4) is 0 Å². The van der Waals surface area contributed by atoms with E-state index in [-0.39, 0.29) is 0 Å². The molecule has 0 amide bonds. The second-order valence-electron chi connectivity index (χ2n) is 8.68. The van der Waals surface area contributed by atoms with Crippen molar-refractivity contribution in [1.29, 1.82) is 0 Å². The first-order valence-corrected chi connectivity index (χ1v) is 11.9. The molecule has 0 spiro atoms. The molecule has 3 nitrogen and oxygen atoms in total. The van der Waals surface area contributed by atoms with Gasteiger partial charge >= 0.3 is 0 Å². The minimum absolute atomic E-state index is 0.561. The number of aliphatic imine (C=N–C) groups is 2. The predicted molar refractivity (Wildman–Crippen MR) is 134 cm³/mol. The average Bonchev–Trinajstić information content (AvgIpc) is 3.10. The lowest BCUT2D eigenvalue weighted by Crippen LogP contribution is -2.07. The van der Waals surface area contributed by atoms with Gasteiger partial charge in [0, 0.05) is 18.2 Å². The van der Waals surface area contributed by atoms with E-state index in [1.54, 1.807) is 0 Å². The van der Waals surface area contributed by atoms with Gasteiger partial charge in [-0.2, -0.15) is 0 Å². The third kappa shape index (κ3) is 5.59. The number of carbonyl (C=O) groups is 1. The number of aldehydes is 1. The van der Waals surface area contributed by atoms with Crippen molar-refractivity contribution >= 4 is 18.3 Å². The number of rotatable bonds is 8. The molecule has 1 unspecified atom stereocenters. The van der Waals surface area contributed by atoms with Crippen LogP contribution in [-0.2, 0) is 17.6 Å². The van der Waals surface area contributed by atoms with Crippen molar-refractivity contribution < 1.29 is 4.79 Å². The van der Waals surface area contributed by atoms with E-state index in [1.165, 1.54) is 40.7 Å². The Labute approximate surface area is 191 Å². The summed E-state index contributed by atoms with van der Waals surface area (Å²) in [4.78, 5) is 19.9. The van der Waals surface area contributed by atoms with Crippen LogP contribution in [0.1, 0.15) is 67.2 Å². The van der Waals surface area contributed by atoms with Crippen molar-refractivity contribution in [1.82, 2.24) is 0 Å². The molecule has 4 rings (SSSR count). The summed E-state index contributed by atoms with van der Waals surface area (Å²) >= 11 is 0. The van der Waals surface area contributed by atoms with E-state index in [0.717, 1.165) is 43.4 Å². The molecule has 0 N–H and O–H groups in total. The van der Waals surface area contributed by atoms with E-state index < -0.39 is 0 Å². The minimum Gasteiger partial charge on any atom is -0.303 e. The van der Waals surface area contributed by atoms with E-state index >= 15 is 0 Å². The molecule has 2 aliphatic rings. The van der Waals surface area contributed by atoms with Crippen LogP contribution in [0, 0.1) is 0 Å². The van der Waals surface area contributed by atoms with Gasteiger partial charge in [-0.05, 0) is 65.9 Å². The molecule has 3 heteroatoms. The molecule has 2 aromatic rings. The quantitative estimate of drug-likeness (QED) is 0.451. The fourth-order valence-electron chi connectivity index (χ4n) is 4.52. The first-order chi connectivity index (χ1) is 15.8. The van der Waals surface area contributed by atoms with Gasteiger partial charge in [0.05, 0.1) is 6.54 Å². The molecule has 32 heavy (non-hydrogen) atoms. The van der Waals surface area contributed by atoms with Gasteiger partial charge in [-0.25, -0.2) is 4.99 Å². The molecule has 2 aromatic carbocycles. The Kier molecular flexibility index (Phi) is 7.60. The monoisotopic (exact) mass is 424 g/mol. The maximum absolute atomic E-state index is 10.6. The van der Waals surface area contributed by atoms with Crippen LogP contribution in [0.3, 0.4) is 0 Å². The highest BCUT2D eigenvalue weighted by atomic mass is 16.1. The zero-order chi connectivity index (χ0) is 22.2. The second-order valence-corrected chi connectivity index (χ2v) is 8.68. The number of allylic oxidation sites excluding steroid dienone is 3. The molecule has 164 valence electrons. The van der Waals surface area contributed by atoms with Gasteiger partial charge in [0.15, 0.2) is 5.84 Å². The smallest absolute Gasteiger partial charge is 0.154 e. The maximum atomic E-state index is 10.6. The van der Waals surface area contributed by atoms with E-state index in [2.05, 4.69) is 72.6 Å². The molecule has 0 bridgehead atoms. The number of hydrogen-bond donors (Lipinski definition) is 0. The fraction of sp³-hybridized carbons (Fsp3) is 0.345. The van der Waals surface area contributed by atoms with Crippen LogP contribution < -0.4 is 0 Å². The first kappa shape index (κ1) is 22.1. The van der Waals surface area contributed by atoms with Crippen LogP contribution in [-0.4, -0.2) is 24.9 Å². The highest BCUT2D eigenvalue weighted by Gasteiger charge is 2.18.